The van der Waals surface area contributed by atoms with Crippen LogP contribution in [0.4, 0.5) is 5.69 Å². The van der Waals surface area contributed by atoms with E-state index >= 15 is 0 Å². The average molecular weight is 199 g/mol. The van der Waals surface area contributed by atoms with Gasteiger partial charge in [0, 0.05) is 11.6 Å². The highest BCUT2D eigenvalue weighted by Gasteiger charge is 2.04. The predicted octanol–water partition coefficient (Wildman–Crippen LogP) is 1.72. The van der Waals surface area contributed by atoms with Gasteiger partial charge in [-0.1, -0.05) is 0 Å². The summed E-state index contributed by atoms with van der Waals surface area (Å²) in [5.41, 5.74) is 7.08. The Morgan fingerprint density at radius 3 is 3.07 bits per heavy atom. The number of anilines is 1. The van der Waals surface area contributed by atoms with Crippen LogP contribution in [-0.4, -0.2) is 11.6 Å². The van der Waals surface area contributed by atoms with Crippen LogP contribution in [0, 0.1) is 11.3 Å². The van der Waals surface area contributed by atoms with Gasteiger partial charge in [0.15, 0.2) is 6.61 Å². The molecule has 0 unspecified atom stereocenters. The predicted molar refractivity (Wildman–Crippen MR) is 57.3 cm³/mol. The van der Waals surface area contributed by atoms with Gasteiger partial charge < -0.3 is 10.5 Å². The van der Waals surface area contributed by atoms with Gasteiger partial charge in [-0.25, -0.2) is 0 Å². The standard InChI is InChI=1S/C11H9N3O/c12-5-7-15-10-4-3-9(13)11-8(10)2-1-6-14-11/h1-4,6H,7,13H2. The Morgan fingerprint density at radius 2 is 2.27 bits per heavy atom. The van der Waals surface area contributed by atoms with Gasteiger partial charge in [-0.15, -0.1) is 0 Å². The number of nitriles is 1. The lowest BCUT2D eigenvalue weighted by atomic mass is 10.2. The number of hydrogen-bond acceptors (Lipinski definition) is 4. The van der Waals surface area contributed by atoms with E-state index in [2.05, 4.69) is 4.98 Å². The van der Waals surface area contributed by atoms with Crippen LogP contribution in [0.2, 0.25) is 0 Å². The maximum Gasteiger partial charge on any atom is 0.174 e. The molecule has 74 valence electrons. The van der Waals surface area contributed by atoms with Crippen LogP contribution >= 0.6 is 0 Å². The Morgan fingerprint density at radius 1 is 1.40 bits per heavy atom. The number of hydrogen-bond donors (Lipinski definition) is 1. The van der Waals surface area contributed by atoms with Crippen molar-refractivity contribution in [1.29, 1.82) is 5.26 Å². The Hall–Kier alpha value is -2.28. The lowest BCUT2D eigenvalue weighted by Crippen LogP contribution is -1.96. The number of ether oxygens (including phenoxy) is 1. The van der Waals surface area contributed by atoms with E-state index in [-0.39, 0.29) is 6.61 Å². The molecule has 1 aromatic heterocycles. The van der Waals surface area contributed by atoms with Gasteiger partial charge in [0.2, 0.25) is 0 Å². The first-order valence-electron chi connectivity index (χ1n) is 4.46. The van der Waals surface area contributed by atoms with Crippen LogP contribution in [0.5, 0.6) is 5.75 Å². The molecule has 1 heterocycles. The van der Waals surface area contributed by atoms with Crippen LogP contribution in [0.15, 0.2) is 30.5 Å². The van der Waals surface area contributed by atoms with E-state index in [1.807, 2.05) is 12.1 Å². The lowest BCUT2D eigenvalue weighted by Gasteiger charge is -2.07. The highest BCUT2D eigenvalue weighted by Crippen LogP contribution is 2.27. The molecule has 4 heteroatoms. The summed E-state index contributed by atoms with van der Waals surface area (Å²) in [6, 6.07) is 9.07. The van der Waals surface area contributed by atoms with Crippen molar-refractivity contribution in [2.24, 2.45) is 0 Å². The number of fused-ring (bicyclic) bond motifs is 1. The Labute approximate surface area is 86.9 Å². The number of nitrogens with zero attached hydrogens (tertiary/aromatic N) is 2. The van der Waals surface area contributed by atoms with Gasteiger partial charge in [-0.05, 0) is 24.3 Å². The summed E-state index contributed by atoms with van der Waals surface area (Å²) in [5, 5.41) is 9.27. The smallest absolute Gasteiger partial charge is 0.174 e. The third-order valence-corrected chi connectivity index (χ3v) is 2.05. The number of rotatable bonds is 2. The number of nitrogens with two attached hydrogens (primary N) is 1. The van der Waals surface area contributed by atoms with Crippen LogP contribution in [0.1, 0.15) is 0 Å². The minimum Gasteiger partial charge on any atom is -0.478 e. The molecule has 0 aliphatic carbocycles. The van der Waals surface area contributed by atoms with Crippen molar-refractivity contribution in [3.8, 4) is 11.8 Å². The fraction of sp³-hybridized carbons (Fsp3) is 0.0909. The summed E-state index contributed by atoms with van der Waals surface area (Å²) in [5.74, 6) is 0.633. The summed E-state index contributed by atoms with van der Waals surface area (Å²) in [7, 11) is 0. The molecule has 0 aliphatic heterocycles. The fourth-order valence-corrected chi connectivity index (χ4v) is 1.40. The van der Waals surface area contributed by atoms with Crippen molar-refractivity contribution in [3.05, 3.63) is 30.5 Å². The second-order valence-corrected chi connectivity index (χ2v) is 3.00. The van der Waals surface area contributed by atoms with E-state index in [0.29, 0.717) is 17.0 Å². The van der Waals surface area contributed by atoms with E-state index in [0.717, 1.165) is 5.39 Å². The number of benzene rings is 1. The zero-order valence-electron chi connectivity index (χ0n) is 7.97. The molecule has 0 bridgehead atoms. The Kier molecular flexibility index (Phi) is 2.38. The summed E-state index contributed by atoms with van der Waals surface area (Å²) >= 11 is 0. The molecule has 0 saturated carbocycles. The van der Waals surface area contributed by atoms with E-state index in [1.165, 1.54) is 0 Å². The molecule has 2 N–H and O–H groups in total. The topological polar surface area (TPSA) is 71.9 Å². The van der Waals surface area contributed by atoms with Gasteiger partial charge in [0.25, 0.3) is 0 Å². The van der Waals surface area contributed by atoms with Crippen molar-refractivity contribution < 1.29 is 4.74 Å². The van der Waals surface area contributed by atoms with Gasteiger partial charge in [-0.3, -0.25) is 4.98 Å². The Balaban J connectivity index is 2.57. The molecule has 0 radical (unpaired) electrons. The van der Waals surface area contributed by atoms with Gasteiger partial charge in [-0.2, -0.15) is 5.26 Å². The minimum atomic E-state index is 0.0217. The van der Waals surface area contributed by atoms with Crippen molar-refractivity contribution in [2.75, 3.05) is 12.3 Å². The second kappa shape index (κ2) is 3.84. The van der Waals surface area contributed by atoms with Crippen LogP contribution in [0.25, 0.3) is 10.9 Å². The van der Waals surface area contributed by atoms with Crippen molar-refractivity contribution >= 4 is 16.6 Å². The van der Waals surface area contributed by atoms with Crippen LogP contribution < -0.4 is 10.5 Å². The average Bonchev–Trinajstić information content (AvgIpc) is 2.29. The minimum absolute atomic E-state index is 0.0217. The normalized spacial score (nSPS) is 9.80. The SMILES string of the molecule is N#CCOc1ccc(N)c2ncccc12. The van der Waals surface area contributed by atoms with Crippen molar-refractivity contribution in [3.63, 3.8) is 0 Å². The monoisotopic (exact) mass is 199 g/mol. The molecule has 0 spiro atoms. The van der Waals surface area contributed by atoms with Crippen LogP contribution in [-0.2, 0) is 0 Å². The molecule has 0 amide bonds. The summed E-state index contributed by atoms with van der Waals surface area (Å²) < 4.78 is 5.27. The summed E-state index contributed by atoms with van der Waals surface area (Å²) in [4.78, 5) is 4.16. The van der Waals surface area contributed by atoms with Crippen LogP contribution in [0.3, 0.4) is 0 Å². The Bertz CT molecular complexity index is 531. The molecular weight excluding hydrogens is 190 g/mol. The van der Waals surface area contributed by atoms with Gasteiger partial charge in [0.05, 0.1) is 11.2 Å². The lowest BCUT2D eigenvalue weighted by molar-refractivity contribution is 0.372. The highest BCUT2D eigenvalue weighted by molar-refractivity contribution is 5.93. The third-order valence-electron chi connectivity index (χ3n) is 2.05. The number of pyridine rings is 1. The first-order chi connectivity index (χ1) is 7.33. The molecular formula is C11H9N3O. The zero-order chi connectivity index (χ0) is 10.7. The highest BCUT2D eigenvalue weighted by atomic mass is 16.5. The number of aromatic nitrogens is 1. The van der Waals surface area contributed by atoms with E-state index in [1.54, 1.807) is 24.4 Å². The van der Waals surface area contributed by atoms with Crippen molar-refractivity contribution in [2.45, 2.75) is 0 Å². The third kappa shape index (κ3) is 1.67. The quantitative estimate of drug-likeness (QED) is 0.747. The van der Waals surface area contributed by atoms with E-state index in [9.17, 15) is 0 Å². The molecule has 1 aromatic carbocycles. The summed E-state index contributed by atoms with van der Waals surface area (Å²) in [6.07, 6.45) is 1.67. The first kappa shape index (κ1) is 9.28. The zero-order valence-corrected chi connectivity index (χ0v) is 7.97. The molecule has 4 nitrogen and oxygen atoms in total. The van der Waals surface area contributed by atoms with E-state index in [4.69, 9.17) is 15.7 Å². The molecule has 2 aromatic rings. The number of nitrogen functional groups attached to an aromatic ring is 1. The fourth-order valence-electron chi connectivity index (χ4n) is 1.40. The maximum absolute atomic E-state index is 8.44. The van der Waals surface area contributed by atoms with E-state index < -0.39 is 0 Å². The van der Waals surface area contributed by atoms with Gasteiger partial charge in [0.1, 0.15) is 11.8 Å². The molecule has 0 fully saturated rings. The molecule has 2 rings (SSSR count). The first-order valence-corrected chi connectivity index (χ1v) is 4.46. The molecule has 0 saturated heterocycles. The maximum atomic E-state index is 8.44. The largest absolute Gasteiger partial charge is 0.478 e. The second-order valence-electron chi connectivity index (χ2n) is 3.00. The molecule has 0 aliphatic rings. The molecule has 0 atom stereocenters. The van der Waals surface area contributed by atoms with Gasteiger partial charge >= 0.3 is 0 Å². The summed E-state index contributed by atoms with van der Waals surface area (Å²) in [6.45, 7) is 0.0217. The van der Waals surface area contributed by atoms with Crippen molar-refractivity contribution in [1.82, 2.24) is 4.98 Å². The molecule has 15 heavy (non-hydrogen) atoms.